The van der Waals surface area contributed by atoms with E-state index in [9.17, 15) is 4.39 Å². The number of ether oxygens (including phenoxy) is 1. The number of rotatable bonds is 5. The molecular weight excluding hydrogens is 305 g/mol. The minimum Gasteiger partial charge on any atom is -0.493 e. The lowest BCUT2D eigenvalue weighted by molar-refractivity contribution is 0.269. The van der Waals surface area contributed by atoms with Crippen molar-refractivity contribution in [2.24, 2.45) is 11.1 Å². The maximum atomic E-state index is 13.1. The zero-order valence-corrected chi connectivity index (χ0v) is 12.2. The molecule has 17 heavy (non-hydrogen) atoms. The molecule has 94 valence electrons. The van der Waals surface area contributed by atoms with E-state index in [0.717, 1.165) is 0 Å². The Morgan fingerprint density at radius 2 is 2.12 bits per heavy atom. The number of hydrogen-bond acceptors (Lipinski definition) is 2. The maximum absolute atomic E-state index is 13.1. The first-order chi connectivity index (χ1) is 7.81. The highest BCUT2D eigenvalue weighted by molar-refractivity contribution is 9.10. The molecule has 0 bridgehead atoms. The Hall–Kier alpha value is -0.680. The molecule has 0 aliphatic carbocycles. The molecule has 1 aromatic carbocycles. The van der Waals surface area contributed by atoms with E-state index in [4.69, 9.17) is 22.7 Å². The topological polar surface area (TPSA) is 35.2 Å². The summed E-state index contributed by atoms with van der Waals surface area (Å²) in [4.78, 5) is 0.460. The van der Waals surface area contributed by atoms with Crippen molar-refractivity contribution in [1.29, 1.82) is 0 Å². The molecule has 2 N–H and O–H groups in total. The van der Waals surface area contributed by atoms with Gasteiger partial charge in [0.1, 0.15) is 11.6 Å². The number of thiocarbonyl (C=S) groups is 1. The summed E-state index contributed by atoms with van der Waals surface area (Å²) in [5.41, 5.74) is 5.36. The van der Waals surface area contributed by atoms with Gasteiger partial charge in [0.2, 0.25) is 0 Å². The Morgan fingerprint density at radius 1 is 1.47 bits per heavy atom. The minimum absolute atomic E-state index is 0.250. The number of hydrogen-bond donors (Lipinski definition) is 1. The van der Waals surface area contributed by atoms with Gasteiger partial charge in [-0.25, -0.2) is 4.39 Å². The van der Waals surface area contributed by atoms with Crippen LogP contribution in [0.5, 0.6) is 5.75 Å². The van der Waals surface area contributed by atoms with Gasteiger partial charge < -0.3 is 10.5 Å². The zero-order valence-electron chi connectivity index (χ0n) is 9.80. The molecule has 0 aliphatic heterocycles. The van der Waals surface area contributed by atoms with Crippen molar-refractivity contribution in [2.45, 2.75) is 20.3 Å². The highest BCUT2D eigenvalue weighted by atomic mass is 79.9. The van der Waals surface area contributed by atoms with Crippen LogP contribution in [0.15, 0.2) is 22.7 Å². The number of halogens is 2. The van der Waals surface area contributed by atoms with Crippen molar-refractivity contribution >= 4 is 33.1 Å². The summed E-state index contributed by atoms with van der Waals surface area (Å²) in [6, 6.07) is 4.45. The number of benzene rings is 1. The second kappa shape index (κ2) is 5.78. The van der Waals surface area contributed by atoms with Gasteiger partial charge in [-0.05, 0) is 18.6 Å². The average molecular weight is 320 g/mol. The molecule has 0 unspecified atom stereocenters. The Labute approximate surface area is 114 Å². The largest absolute Gasteiger partial charge is 0.493 e. The quantitative estimate of drug-likeness (QED) is 0.841. The SMILES string of the molecule is CC(C)(CCOc1cc(F)cc(Br)c1)C(N)=S. The van der Waals surface area contributed by atoms with Gasteiger partial charge in [0.15, 0.2) is 0 Å². The zero-order chi connectivity index (χ0) is 13.1. The van der Waals surface area contributed by atoms with Gasteiger partial charge in [-0.15, -0.1) is 0 Å². The molecule has 2 nitrogen and oxygen atoms in total. The predicted octanol–water partition coefficient (Wildman–Crippen LogP) is 3.67. The van der Waals surface area contributed by atoms with Crippen LogP contribution in [0.4, 0.5) is 4.39 Å². The van der Waals surface area contributed by atoms with Crippen LogP contribution in [-0.2, 0) is 0 Å². The van der Waals surface area contributed by atoms with Crippen molar-refractivity contribution in [3.63, 3.8) is 0 Å². The van der Waals surface area contributed by atoms with E-state index in [0.29, 0.717) is 28.2 Å². The molecule has 1 aromatic rings. The van der Waals surface area contributed by atoms with E-state index >= 15 is 0 Å². The number of nitrogens with two attached hydrogens (primary N) is 1. The monoisotopic (exact) mass is 319 g/mol. The third-order valence-electron chi connectivity index (χ3n) is 2.50. The summed E-state index contributed by atoms with van der Waals surface area (Å²) in [5.74, 6) is 0.165. The van der Waals surface area contributed by atoms with Gasteiger partial charge in [-0.2, -0.15) is 0 Å². The molecule has 0 fully saturated rings. The first-order valence-electron chi connectivity index (χ1n) is 5.20. The summed E-state index contributed by atoms with van der Waals surface area (Å²) >= 11 is 8.16. The molecule has 1 rings (SSSR count). The van der Waals surface area contributed by atoms with Crippen LogP contribution in [0.1, 0.15) is 20.3 Å². The molecule has 0 atom stereocenters. The Bertz CT molecular complexity index is 403. The van der Waals surface area contributed by atoms with Crippen LogP contribution >= 0.6 is 28.1 Å². The molecule has 0 amide bonds. The van der Waals surface area contributed by atoms with E-state index in [1.807, 2.05) is 13.8 Å². The van der Waals surface area contributed by atoms with Gasteiger partial charge in [0.25, 0.3) is 0 Å². The van der Waals surface area contributed by atoms with E-state index in [-0.39, 0.29) is 11.2 Å². The third kappa shape index (κ3) is 4.60. The second-order valence-corrected chi connectivity index (χ2v) is 5.81. The lowest BCUT2D eigenvalue weighted by Crippen LogP contribution is -2.31. The first-order valence-corrected chi connectivity index (χ1v) is 6.40. The van der Waals surface area contributed by atoms with Gasteiger partial charge in [0.05, 0.1) is 11.6 Å². The first kappa shape index (κ1) is 14.4. The van der Waals surface area contributed by atoms with Crippen LogP contribution in [0.2, 0.25) is 0 Å². The van der Waals surface area contributed by atoms with Crippen molar-refractivity contribution < 1.29 is 9.13 Å². The highest BCUT2D eigenvalue weighted by Crippen LogP contribution is 2.23. The summed E-state index contributed by atoms with van der Waals surface area (Å²) in [7, 11) is 0. The Balaban J connectivity index is 2.54. The third-order valence-corrected chi connectivity index (χ3v) is 3.51. The minimum atomic E-state index is -0.331. The lowest BCUT2D eigenvalue weighted by Gasteiger charge is -2.22. The molecule has 0 radical (unpaired) electrons. The smallest absolute Gasteiger partial charge is 0.128 e. The lowest BCUT2D eigenvalue weighted by atomic mass is 9.90. The maximum Gasteiger partial charge on any atom is 0.128 e. The highest BCUT2D eigenvalue weighted by Gasteiger charge is 2.21. The van der Waals surface area contributed by atoms with E-state index in [2.05, 4.69) is 15.9 Å². The summed E-state index contributed by atoms with van der Waals surface area (Å²) in [6.45, 7) is 4.36. The van der Waals surface area contributed by atoms with Gasteiger partial charge >= 0.3 is 0 Å². The molecule has 0 heterocycles. The van der Waals surface area contributed by atoms with Gasteiger partial charge in [0, 0.05) is 16.0 Å². The summed E-state index contributed by atoms with van der Waals surface area (Å²) < 4.78 is 19.2. The van der Waals surface area contributed by atoms with Gasteiger partial charge in [-0.3, -0.25) is 0 Å². The van der Waals surface area contributed by atoms with Gasteiger partial charge in [-0.1, -0.05) is 42.0 Å². The fraction of sp³-hybridized carbons (Fsp3) is 0.417. The molecule has 0 spiro atoms. The fourth-order valence-electron chi connectivity index (χ4n) is 1.16. The summed E-state index contributed by atoms with van der Waals surface area (Å²) in [6.07, 6.45) is 0.691. The average Bonchev–Trinajstić information content (AvgIpc) is 2.15. The predicted molar refractivity (Wildman–Crippen MR) is 74.8 cm³/mol. The fourth-order valence-corrected chi connectivity index (χ4v) is 1.71. The molecule has 0 aromatic heterocycles. The van der Waals surface area contributed by atoms with E-state index < -0.39 is 0 Å². The van der Waals surface area contributed by atoms with E-state index in [1.165, 1.54) is 12.1 Å². The van der Waals surface area contributed by atoms with Crippen LogP contribution in [0.25, 0.3) is 0 Å². The molecule has 0 aliphatic rings. The van der Waals surface area contributed by atoms with Crippen LogP contribution in [0, 0.1) is 11.2 Å². The molecule has 5 heteroatoms. The van der Waals surface area contributed by atoms with Crippen molar-refractivity contribution in [3.8, 4) is 5.75 Å². The Morgan fingerprint density at radius 3 is 2.65 bits per heavy atom. The van der Waals surface area contributed by atoms with Crippen LogP contribution in [0.3, 0.4) is 0 Å². The summed E-state index contributed by atoms with van der Waals surface area (Å²) in [5, 5.41) is 0. The standard InChI is InChI=1S/C12H15BrFNOS/c1-12(2,11(15)17)3-4-16-10-6-8(13)5-9(14)7-10/h5-7H,3-4H2,1-2H3,(H2,15,17). The normalized spacial score (nSPS) is 11.3. The van der Waals surface area contributed by atoms with Crippen molar-refractivity contribution in [1.82, 2.24) is 0 Å². The molecular formula is C12H15BrFNOS. The van der Waals surface area contributed by atoms with E-state index in [1.54, 1.807) is 6.07 Å². The molecule has 0 saturated heterocycles. The van der Waals surface area contributed by atoms with Crippen molar-refractivity contribution in [3.05, 3.63) is 28.5 Å². The second-order valence-electron chi connectivity index (χ2n) is 4.45. The van der Waals surface area contributed by atoms with Crippen LogP contribution in [-0.4, -0.2) is 11.6 Å². The molecule has 0 saturated carbocycles. The van der Waals surface area contributed by atoms with Crippen LogP contribution < -0.4 is 10.5 Å². The Kier molecular flexibility index (Phi) is 4.89. The van der Waals surface area contributed by atoms with Crippen molar-refractivity contribution in [2.75, 3.05) is 6.61 Å².